The van der Waals surface area contributed by atoms with E-state index < -0.39 is 11.2 Å². The summed E-state index contributed by atoms with van der Waals surface area (Å²) in [5, 5.41) is 0. The lowest BCUT2D eigenvalue weighted by Crippen LogP contribution is -2.37. The van der Waals surface area contributed by atoms with Crippen molar-refractivity contribution in [2.24, 2.45) is 5.92 Å². The summed E-state index contributed by atoms with van der Waals surface area (Å²) < 4.78 is 11.3. The van der Waals surface area contributed by atoms with E-state index in [1.165, 1.54) is 0 Å². The fraction of sp³-hybridized carbons (Fsp3) is 0.562. The summed E-state index contributed by atoms with van der Waals surface area (Å²) >= 11 is 0. The third kappa shape index (κ3) is 1.88. The predicted octanol–water partition coefficient (Wildman–Crippen LogP) is 3.28. The van der Waals surface area contributed by atoms with Crippen molar-refractivity contribution < 1.29 is 14.3 Å². The normalized spacial score (nSPS) is 29.3. The number of hydrogen-bond donors (Lipinski definition) is 0. The molecule has 1 heterocycles. The van der Waals surface area contributed by atoms with Crippen LogP contribution < -0.4 is 0 Å². The summed E-state index contributed by atoms with van der Waals surface area (Å²) in [5.41, 5.74) is -0.312. The van der Waals surface area contributed by atoms with E-state index in [1.807, 2.05) is 44.2 Å². The Morgan fingerprint density at radius 1 is 1.26 bits per heavy atom. The highest BCUT2D eigenvalue weighted by Gasteiger charge is 2.76. The monoisotopic (exact) mass is 262 g/mol. The van der Waals surface area contributed by atoms with Gasteiger partial charge in [0.2, 0.25) is 0 Å². The van der Waals surface area contributed by atoms with E-state index in [0.717, 1.165) is 5.56 Å². The SMILES string of the molecule is CCOC(=O)C1(CC)OC1(c1ccccc1)C(C)C. The highest BCUT2D eigenvalue weighted by Crippen LogP contribution is 2.62. The van der Waals surface area contributed by atoms with Gasteiger partial charge in [0.25, 0.3) is 0 Å². The number of carbonyl (C=O) groups excluding carboxylic acids is 1. The Morgan fingerprint density at radius 2 is 1.89 bits per heavy atom. The number of carbonyl (C=O) groups is 1. The molecule has 2 unspecified atom stereocenters. The zero-order valence-corrected chi connectivity index (χ0v) is 12.1. The van der Waals surface area contributed by atoms with E-state index in [9.17, 15) is 4.79 Å². The topological polar surface area (TPSA) is 38.8 Å². The maximum atomic E-state index is 12.3. The van der Waals surface area contributed by atoms with Crippen molar-refractivity contribution in [1.82, 2.24) is 0 Å². The zero-order valence-electron chi connectivity index (χ0n) is 12.1. The van der Waals surface area contributed by atoms with Crippen LogP contribution in [0.2, 0.25) is 0 Å². The fourth-order valence-electron chi connectivity index (χ4n) is 3.06. The number of hydrogen-bond acceptors (Lipinski definition) is 3. The fourth-order valence-corrected chi connectivity index (χ4v) is 3.06. The minimum Gasteiger partial charge on any atom is -0.464 e. The minimum absolute atomic E-state index is 0.208. The van der Waals surface area contributed by atoms with Gasteiger partial charge < -0.3 is 9.47 Å². The molecule has 1 aliphatic heterocycles. The molecule has 104 valence electrons. The second-order valence-corrected chi connectivity index (χ2v) is 5.26. The van der Waals surface area contributed by atoms with Crippen molar-refractivity contribution in [3.05, 3.63) is 35.9 Å². The molecular weight excluding hydrogens is 240 g/mol. The molecule has 1 aromatic carbocycles. The molecule has 0 amide bonds. The van der Waals surface area contributed by atoms with Gasteiger partial charge in [-0.3, -0.25) is 0 Å². The molecule has 0 aliphatic carbocycles. The Hall–Kier alpha value is -1.35. The molecule has 1 saturated heterocycles. The lowest BCUT2D eigenvalue weighted by molar-refractivity contribution is -0.149. The van der Waals surface area contributed by atoms with Crippen LogP contribution in [-0.2, 0) is 19.9 Å². The van der Waals surface area contributed by atoms with Gasteiger partial charge in [0.05, 0.1) is 6.61 Å². The van der Waals surface area contributed by atoms with Crippen molar-refractivity contribution in [2.45, 2.75) is 45.3 Å². The van der Waals surface area contributed by atoms with Crippen molar-refractivity contribution in [1.29, 1.82) is 0 Å². The molecule has 2 atom stereocenters. The molecule has 0 spiro atoms. The van der Waals surface area contributed by atoms with Crippen LogP contribution in [0.5, 0.6) is 0 Å². The van der Waals surface area contributed by atoms with E-state index in [1.54, 1.807) is 0 Å². The second-order valence-electron chi connectivity index (χ2n) is 5.26. The number of epoxide rings is 1. The molecule has 1 aliphatic rings. The molecule has 0 radical (unpaired) electrons. The summed E-state index contributed by atoms with van der Waals surface area (Å²) in [6, 6.07) is 9.98. The Bertz CT molecular complexity index is 454. The molecule has 1 aromatic rings. The summed E-state index contributed by atoms with van der Waals surface area (Å²) in [5.74, 6) is -0.0330. The molecule has 0 bridgehead atoms. The largest absolute Gasteiger partial charge is 0.464 e. The number of esters is 1. The standard InChI is InChI=1S/C16H22O3/c1-5-15(14(17)18-6-2)16(19-15,12(3)4)13-10-8-7-9-11-13/h7-12H,5-6H2,1-4H3. The number of benzene rings is 1. The van der Waals surface area contributed by atoms with Gasteiger partial charge >= 0.3 is 5.97 Å². The molecule has 0 aromatic heterocycles. The first-order chi connectivity index (χ1) is 9.05. The second kappa shape index (κ2) is 4.97. The first kappa shape index (κ1) is 14.1. The lowest BCUT2D eigenvalue weighted by atomic mass is 9.77. The summed E-state index contributed by atoms with van der Waals surface area (Å²) in [6.07, 6.45) is 0.624. The van der Waals surface area contributed by atoms with E-state index in [2.05, 4.69) is 13.8 Å². The van der Waals surface area contributed by atoms with Crippen LogP contribution in [0, 0.1) is 5.92 Å². The average molecular weight is 262 g/mol. The van der Waals surface area contributed by atoms with Gasteiger partial charge in [-0.15, -0.1) is 0 Å². The van der Waals surface area contributed by atoms with Crippen molar-refractivity contribution in [2.75, 3.05) is 6.61 Å². The number of rotatable bonds is 5. The van der Waals surface area contributed by atoms with Crippen LogP contribution in [0.25, 0.3) is 0 Å². The molecule has 1 fully saturated rings. The van der Waals surface area contributed by atoms with Gasteiger partial charge in [-0.1, -0.05) is 51.1 Å². The van der Waals surface area contributed by atoms with Crippen LogP contribution in [0.15, 0.2) is 30.3 Å². The maximum absolute atomic E-state index is 12.3. The van der Waals surface area contributed by atoms with Crippen molar-refractivity contribution in [3.8, 4) is 0 Å². The third-order valence-corrected chi connectivity index (χ3v) is 4.01. The molecule has 3 nitrogen and oxygen atoms in total. The van der Waals surface area contributed by atoms with Crippen molar-refractivity contribution in [3.63, 3.8) is 0 Å². The molecular formula is C16H22O3. The molecule has 2 rings (SSSR count). The Balaban J connectivity index is 2.42. The Morgan fingerprint density at radius 3 is 2.37 bits per heavy atom. The first-order valence-corrected chi connectivity index (χ1v) is 6.98. The average Bonchev–Trinajstić information content (AvgIpc) is 3.12. The van der Waals surface area contributed by atoms with E-state index in [4.69, 9.17) is 9.47 Å². The Labute approximate surface area is 114 Å². The van der Waals surface area contributed by atoms with Crippen LogP contribution in [-0.4, -0.2) is 18.2 Å². The predicted molar refractivity (Wildman–Crippen MR) is 73.7 cm³/mol. The minimum atomic E-state index is -0.821. The molecule has 0 saturated carbocycles. The summed E-state index contributed by atoms with van der Waals surface area (Å²) in [7, 11) is 0. The van der Waals surface area contributed by atoms with Gasteiger partial charge in [0.1, 0.15) is 5.60 Å². The van der Waals surface area contributed by atoms with E-state index >= 15 is 0 Å². The third-order valence-electron chi connectivity index (χ3n) is 4.01. The molecule has 19 heavy (non-hydrogen) atoms. The van der Waals surface area contributed by atoms with Gasteiger partial charge in [0.15, 0.2) is 5.60 Å². The highest BCUT2D eigenvalue weighted by atomic mass is 16.7. The van der Waals surface area contributed by atoms with Gasteiger partial charge in [0, 0.05) is 0 Å². The van der Waals surface area contributed by atoms with Gasteiger partial charge in [-0.05, 0) is 24.8 Å². The smallest absolute Gasteiger partial charge is 0.341 e. The zero-order chi connectivity index (χ0) is 14.1. The molecule has 3 heteroatoms. The maximum Gasteiger partial charge on any atom is 0.341 e. The van der Waals surface area contributed by atoms with Crippen LogP contribution in [0.1, 0.15) is 39.7 Å². The number of ether oxygens (including phenoxy) is 2. The van der Waals surface area contributed by atoms with Gasteiger partial charge in [-0.2, -0.15) is 0 Å². The van der Waals surface area contributed by atoms with E-state index in [-0.39, 0.29) is 11.9 Å². The summed E-state index contributed by atoms with van der Waals surface area (Å²) in [4.78, 5) is 12.3. The first-order valence-electron chi connectivity index (χ1n) is 6.98. The van der Waals surface area contributed by atoms with Crippen LogP contribution in [0.3, 0.4) is 0 Å². The van der Waals surface area contributed by atoms with E-state index in [0.29, 0.717) is 13.0 Å². The van der Waals surface area contributed by atoms with Gasteiger partial charge in [-0.25, -0.2) is 4.79 Å². The quantitative estimate of drug-likeness (QED) is 0.604. The Kier molecular flexibility index (Phi) is 3.68. The highest BCUT2D eigenvalue weighted by molar-refractivity contribution is 5.85. The molecule has 0 N–H and O–H groups in total. The summed E-state index contributed by atoms with van der Waals surface area (Å²) in [6.45, 7) is 8.35. The van der Waals surface area contributed by atoms with Crippen molar-refractivity contribution >= 4 is 5.97 Å². The van der Waals surface area contributed by atoms with Crippen LogP contribution >= 0.6 is 0 Å². The van der Waals surface area contributed by atoms with Crippen LogP contribution in [0.4, 0.5) is 0 Å². The lowest BCUT2D eigenvalue weighted by Gasteiger charge is -2.22.